The van der Waals surface area contributed by atoms with Gasteiger partial charge in [0.1, 0.15) is 5.78 Å². The molecule has 1 heterocycles. The Kier molecular flexibility index (Phi) is 6.59. The SMILES string of the molecule is CC(C)CCNC(=O)CCCCC1SCC2CC(=O)CC21. The molecule has 120 valence electrons. The zero-order chi connectivity index (χ0) is 15.2. The van der Waals surface area contributed by atoms with E-state index in [-0.39, 0.29) is 5.91 Å². The van der Waals surface area contributed by atoms with Gasteiger partial charge < -0.3 is 5.32 Å². The third kappa shape index (κ3) is 5.32. The minimum Gasteiger partial charge on any atom is -0.356 e. The molecule has 1 saturated carbocycles. The van der Waals surface area contributed by atoms with Gasteiger partial charge in [-0.05, 0) is 42.8 Å². The van der Waals surface area contributed by atoms with Crippen LogP contribution in [-0.2, 0) is 9.59 Å². The van der Waals surface area contributed by atoms with E-state index >= 15 is 0 Å². The number of carbonyl (C=O) groups is 2. The fraction of sp³-hybridized carbons (Fsp3) is 0.882. The molecule has 2 rings (SSSR count). The average Bonchev–Trinajstić information content (AvgIpc) is 2.94. The van der Waals surface area contributed by atoms with Crippen molar-refractivity contribution in [2.75, 3.05) is 12.3 Å². The van der Waals surface area contributed by atoms with Gasteiger partial charge in [0.25, 0.3) is 0 Å². The second-order valence-corrected chi connectivity index (χ2v) is 8.29. The summed E-state index contributed by atoms with van der Waals surface area (Å²) in [6.45, 7) is 5.15. The molecule has 2 fully saturated rings. The summed E-state index contributed by atoms with van der Waals surface area (Å²) >= 11 is 2.06. The smallest absolute Gasteiger partial charge is 0.219 e. The van der Waals surface area contributed by atoms with Crippen LogP contribution in [0.1, 0.15) is 58.8 Å². The summed E-state index contributed by atoms with van der Waals surface area (Å²) in [4.78, 5) is 23.2. The zero-order valence-corrected chi connectivity index (χ0v) is 14.2. The maximum atomic E-state index is 11.7. The van der Waals surface area contributed by atoms with Crippen LogP contribution in [-0.4, -0.2) is 29.2 Å². The van der Waals surface area contributed by atoms with E-state index in [1.807, 2.05) is 0 Å². The second-order valence-electron chi connectivity index (χ2n) is 7.02. The first-order valence-corrected chi connectivity index (χ1v) is 9.51. The predicted molar refractivity (Wildman–Crippen MR) is 88.4 cm³/mol. The fourth-order valence-corrected chi connectivity index (χ4v) is 5.22. The number of Topliss-reactive ketones (excluding diaryl/α,β-unsaturated/α-hetero) is 1. The van der Waals surface area contributed by atoms with Crippen molar-refractivity contribution >= 4 is 23.5 Å². The van der Waals surface area contributed by atoms with Crippen LogP contribution in [0.25, 0.3) is 0 Å². The van der Waals surface area contributed by atoms with E-state index in [0.29, 0.717) is 35.2 Å². The zero-order valence-electron chi connectivity index (χ0n) is 13.4. The van der Waals surface area contributed by atoms with Gasteiger partial charge in [0.15, 0.2) is 0 Å². The van der Waals surface area contributed by atoms with Gasteiger partial charge in [0.05, 0.1) is 0 Å². The number of hydrogen-bond donors (Lipinski definition) is 1. The molecule has 1 amide bonds. The minimum atomic E-state index is 0.198. The molecule has 0 radical (unpaired) electrons. The highest BCUT2D eigenvalue weighted by atomic mass is 32.2. The van der Waals surface area contributed by atoms with Gasteiger partial charge in [-0.15, -0.1) is 0 Å². The van der Waals surface area contributed by atoms with Crippen LogP contribution in [0.4, 0.5) is 0 Å². The summed E-state index contributed by atoms with van der Waals surface area (Å²) in [7, 11) is 0. The van der Waals surface area contributed by atoms with E-state index < -0.39 is 0 Å². The van der Waals surface area contributed by atoms with Crippen molar-refractivity contribution in [1.82, 2.24) is 5.32 Å². The summed E-state index contributed by atoms with van der Waals surface area (Å²) in [5.41, 5.74) is 0. The summed E-state index contributed by atoms with van der Waals surface area (Å²) in [6.07, 6.45) is 6.63. The quantitative estimate of drug-likeness (QED) is 0.699. The van der Waals surface area contributed by atoms with E-state index in [4.69, 9.17) is 0 Å². The van der Waals surface area contributed by atoms with Gasteiger partial charge in [-0.1, -0.05) is 20.3 Å². The van der Waals surface area contributed by atoms with E-state index in [1.54, 1.807) is 0 Å². The van der Waals surface area contributed by atoms with Crippen LogP contribution in [0.15, 0.2) is 0 Å². The van der Waals surface area contributed by atoms with Crippen molar-refractivity contribution < 1.29 is 9.59 Å². The van der Waals surface area contributed by atoms with E-state index in [0.717, 1.165) is 38.6 Å². The Hall–Kier alpha value is -0.510. The molecule has 2 aliphatic rings. The lowest BCUT2D eigenvalue weighted by atomic mass is 9.92. The molecule has 1 saturated heterocycles. The molecule has 1 aliphatic carbocycles. The summed E-state index contributed by atoms with van der Waals surface area (Å²) in [6, 6.07) is 0. The van der Waals surface area contributed by atoms with Crippen LogP contribution in [0.3, 0.4) is 0 Å². The molecule has 3 unspecified atom stereocenters. The Morgan fingerprint density at radius 2 is 2.14 bits per heavy atom. The highest BCUT2D eigenvalue weighted by Gasteiger charge is 2.42. The van der Waals surface area contributed by atoms with Gasteiger partial charge in [-0.25, -0.2) is 0 Å². The largest absolute Gasteiger partial charge is 0.356 e. The van der Waals surface area contributed by atoms with Crippen LogP contribution in [0, 0.1) is 17.8 Å². The highest BCUT2D eigenvalue weighted by molar-refractivity contribution is 8.00. The third-order valence-electron chi connectivity index (χ3n) is 4.75. The Morgan fingerprint density at radius 3 is 2.90 bits per heavy atom. The lowest BCUT2D eigenvalue weighted by molar-refractivity contribution is -0.121. The van der Waals surface area contributed by atoms with Crippen molar-refractivity contribution in [2.45, 2.75) is 64.0 Å². The van der Waals surface area contributed by atoms with Crippen LogP contribution >= 0.6 is 11.8 Å². The number of rotatable bonds is 8. The number of fused-ring (bicyclic) bond motifs is 1. The molecule has 3 nitrogen and oxygen atoms in total. The van der Waals surface area contributed by atoms with Crippen LogP contribution < -0.4 is 5.32 Å². The van der Waals surface area contributed by atoms with E-state index in [2.05, 4.69) is 30.9 Å². The molecule has 0 aromatic rings. The van der Waals surface area contributed by atoms with E-state index in [9.17, 15) is 9.59 Å². The molecule has 4 heteroatoms. The van der Waals surface area contributed by atoms with Crippen molar-refractivity contribution in [2.24, 2.45) is 17.8 Å². The lowest BCUT2D eigenvalue weighted by Gasteiger charge is -2.16. The number of ketones is 1. The van der Waals surface area contributed by atoms with Crippen molar-refractivity contribution in [3.05, 3.63) is 0 Å². The topological polar surface area (TPSA) is 46.2 Å². The van der Waals surface area contributed by atoms with Gasteiger partial charge >= 0.3 is 0 Å². The summed E-state index contributed by atoms with van der Waals surface area (Å²) in [5.74, 6) is 3.79. The maximum Gasteiger partial charge on any atom is 0.219 e. The molecular weight excluding hydrogens is 282 g/mol. The molecule has 1 aliphatic heterocycles. The van der Waals surface area contributed by atoms with Crippen molar-refractivity contribution in [3.63, 3.8) is 0 Å². The van der Waals surface area contributed by atoms with E-state index in [1.165, 1.54) is 12.2 Å². The standard InChI is InChI=1S/C17H29NO2S/c1-12(2)7-8-18-17(20)6-4-3-5-16-15-10-14(19)9-13(15)11-21-16/h12-13,15-16H,3-11H2,1-2H3,(H,18,20). The normalized spacial score (nSPS) is 28.1. The first-order valence-electron chi connectivity index (χ1n) is 8.46. The molecule has 1 N–H and O–H groups in total. The van der Waals surface area contributed by atoms with Crippen molar-refractivity contribution in [1.29, 1.82) is 0 Å². The Labute approximate surface area is 133 Å². The maximum absolute atomic E-state index is 11.7. The monoisotopic (exact) mass is 311 g/mol. The summed E-state index contributed by atoms with van der Waals surface area (Å²) in [5, 5.41) is 3.67. The van der Waals surface area contributed by atoms with Gasteiger partial charge in [-0.3, -0.25) is 9.59 Å². The van der Waals surface area contributed by atoms with Gasteiger partial charge in [0.2, 0.25) is 5.91 Å². The number of hydrogen-bond acceptors (Lipinski definition) is 3. The molecular formula is C17H29NO2S. The molecule has 0 spiro atoms. The highest BCUT2D eigenvalue weighted by Crippen LogP contribution is 2.47. The predicted octanol–water partition coefficient (Wildman–Crippen LogP) is 3.42. The molecule has 0 bridgehead atoms. The Balaban J connectivity index is 1.54. The number of carbonyl (C=O) groups excluding carboxylic acids is 2. The first-order chi connectivity index (χ1) is 10.1. The molecule has 21 heavy (non-hydrogen) atoms. The second kappa shape index (κ2) is 8.21. The third-order valence-corrected chi connectivity index (χ3v) is 6.38. The number of nitrogens with one attached hydrogen (secondary N) is 1. The average molecular weight is 311 g/mol. The van der Waals surface area contributed by atoms with Gasteiger partial charge in [-0.2, -0.15) is 11.8 Å². The van der Waals surface area contributed by atoms with Crippen LogP contribution in [0.5, 0.6) is 0 Å². The Morgan fingerprint density at radius 1 is 1.33 bits per heavy atom. The fourth-order valence-electron chi connectivity index (χ4n) is 3.46. The number of unbranched alkanes of at least 4 members (excludes halogenated alkanes) is 1. The molecule has 3 atom stereocenters. The van der Waals surface area contributed by atoms with Crippen molar-refractivity contribution in [3.8, 4) is 0 Å². The minimum absolute atomic E-state index is 0.198. The molecule has 0 aromatic heterocycles. The Bertz CT molecular complexity index is 370. The van der Waals surface area contributed by atoms with Gasteiger partial charge in [0, 0.05) is 31.1 Å². The molecule has 0 aromatic carbocycles. The lowest BCUT2D eigenvalue weighted by Crippen LogP contribution is -2.25. The first kappa shape index (κ1) is 16.9. The number of thioether (sulfide) groups is 1. The number of amides is 1. The van der Waals surface area contributed by atoms with Crippen LogP contribution in [0.2, 0.25) is 0 Å². The summed E-state index contributed by atoms with van der Waals surface area (Å²) < 4.78 is 0.